The Morgan fingerprint density at radius 2 is 0.645 bits per heavy atom. The number of rotatable bonds is 6. The molecule has 3 heterocycles. The van der Waals surface area contributed by atoms with Gasteiger partial charge in [0.2, 0.25) is 0 Å². The minimum Gasteiger partial charge on any atom is -0.457 e. The molecule has 8 aromatic carbocycles. The van der Waals surface area contributed by atoms with Gasteiger partial charge >= 0.3 is 0 Å². The molecule has 10 aromatic rings. The van der Waals surface area contributed by atoms with E-state index in [1.165, 1.54) is 0 Å². The first-order chi connectivity index (χ1) is 30.7. The highest BCUT2D eigenvalue weighted by Crippen LogP contribution is 2.65. The molecule has 0 unspecified atom stereocenters. The molecule has 0 amide bonds. The van der Waals surface area contributed by atoms with Crippen LogP contribution in [0.1, 0.15) is 22.3 Å². The summed E-state index contributed by atoms with van der Waals surface area (Å²) >= 11 is 0. The maximum atomic E-state index is 6.82. The van der Waals surface area contributed by atoms with Crippen LogP contribution in [-0.4, -0.2) is 24.9 Å². The van der Waals surface area contributed by atoms with Crippen molar-refractivity contribution in [2.45, 2.75) is 5.41 Å². The second kappa shape index (κ2) is 14.4. The SMILES string of the molecule is c1ccc(-c2cc(-c3ccccc3)nc(-c3cccc4c3C3(c5ccccc5Oc5ccccc53)c3c(-c5nc(-c6ccccc6)nc(-c6ccccc6)n5)cccc3-4)n2)cc1. The lowest BCUT2D eigenvalue weighted by Gasteiger charge is -2.40. The molecule has 0 N–H and O–H groups in total. The number of hydrogen-bond acceptors (Lipinski definition) is 6. The molecular formula is C56H35N5O. The molecule has 0 saturated carbocycles. The van der Waals surface area contributed by atoms with Gasteiger partial charge in [-0.2, -0.15) is 0 Å². The topological polar surface area (TPSA) is 73.7 Å². The van der Waals surface area contributed by atoms with Crippen LogP contribution in [0.2, 0.25) is 0 Å². The zero-order chi connectivity index (χ0) is 41.0. The quantitative estimate of drug-likeness (QED) is 0.167. The van der Waals surface area contributed by atoms with Gasteiger partial charge in [0.05, 0.1) is 16.8 Å². The number of aromatic nitrogens is 5. The number of nitrogens with zero attached hydrogens (tertiary/aromatic N) is 5. The second-order valence-electron chi connectivity index (χ2n) is 15.5. The third-order valence-corrected chi connectivity index (χ3v) is 12.0. The van der Waals surface area contributed by atoms with Crippen LogP contribution < -0.4 is 4.74 Å². The maximum absolute atomic E-state index is 6.82. The van der Waals surface area contributed by atoms with E-state index in [1.807, 2.05) is 84.9 Å². The molecule has 6 nitrogen and oxygen atoms in total. The van der Waals surface area contributed by atoms with Gasteiger partial charge in [0.25, 0.3) is 0 Å². The van der Waals surface area contributed by atoms with Gasteiger partial charge in [0.15, 0.2) is 23.3 Å². The molecule has 0 atom stereocenters. The minimum atomic E-state index is -0.908. The molecule has 1 aliphatic carbocycles. The summed E-state index contributed by atoms with van der Waals surface area (Å²) in [4.78, 5) is 26.6. The van der Waals surface area contributed by atoms with E-state index in [4.69, 9.17) is 29.7 Å². The predicted molar refractivity (Wildman–Crippen MR) is 245 cm³/mol. The van der Waals surface area contributed by atoms with Crippen LogP contribution in [0.15, 0.2) is 212 Å². The highest BCUT2D eigenvalue weighted by Gasteiger charge is 2.54. The van der Waals surface area contributed by atoms with E-state index in [9.17, 15) is 0 Å². The van der Waals surface area contributed by atoms with Crippen molar-refractivity contribution in [2.75, 3.05) is 0 Å². The zero-order valence-corrected chi connectivity index (χ0v) is 33.4. The first kappa shape index (κ1) is 35.6. The van der Waals surface area contributed by atoms with Gasteiger partial charge in [-0.1, -0.05) is 194 Å². The molecule has 1 spiro atoms. The first-order valence-corrected chi connectivity index (χ1v) is 20.8. The predicted octanol–water partition coefficient (Wildman–Crippen LogP) is 13.1. The summed E-state index contributed by atoms with van der Waals surface area (Å²) in [5.41, 5.74) is 12.8. The van der Waals surface area contributed by atoms with Crippen molar-refractivity contribution in [1.82, 2.24) is 24.9 Å². The normalized spacial score (nSPS) is 12.8. The standard InChI is InChI=1S/C56H35N5O/c1-5-19-36(20-6-1)46-35-47(37-21-7-2-8-22-37)58-54(57-46)42-29-17-27-40-41-28-18-30-43(55-60-52(38-23-9-3-10-24-38)59-53(61-55)39-25-11-4-12-26-39)51(41)56(50(40)42)44-31-13-15-33-48(44)62-49-34-16-14-32-45(49)56/h1-35H. The first-order valence-electron chi connectivity index (χ1n) is 20.8. The molecule has 1 aliphatic heterocycles. The minimum absolute atomic E-state index is 0.582. The van der Waals surface area contributed by atoms with Crippen LogP contribution >= 0.6 is 0 Å². The fraction of sp³-hybridized carbons (Fsp3) is 0.0179. The molecule has 0 radical (unpaired) electrons. The summed E-state index contributed by atoms with van der Waals surface area (Å²) in [5.74, 6) is 3.98. The smallest absolute Gasteiger partial charge is 0.164 e. The number of hydrogen-bond donors (Lipinski definition) is 0. The number of benzene rings is 8. The Bertz CT molecular complexity index is 2980. The largest absolute Gasteiger partial charge is 0.457 e. The molecule has 290 valence electrons. The summed E-state index contributed by atoms with van der Waals surface area (Å²) in [6.07, 6.45) is 0. The highest BCUT2D eigenvalue weighted by atomic mass is 16.5. The van der Waals surface area contributed by atoms with Gasteiger partial charge < -0.3 is 4.74 Å². The summed E-state index contributed by atoms with van der Waals surface area (Å²) < 4.78 is 6.82. The molecular weight excluding hydrogens is 759 g/mol. The van der Waals surface area contributed by atoms with Gasteiger partial charge in [-0.15, -0.1) is 0 Å². The van der Waals surface area contributed by atoms with Crippen molar-refractivity contribution < 1.29 is 4.74 Å². The molecule has 0 fully saturated rings. The van der Waals surface area contributed by atoms with E-state index < -0.39 is 5.41 Å². The third-order valence-electron chi connectivity index (χ3n) is 12.0. The molecule has 0 saturated heterocycles. The average Bonchev–Trinajstić information content (AvgIpc) is 3.66. The average molecular weight is 794 g/mol. The van der Waals surface area contributed by atoms with Crippen molar-refractivity contribution in [3.8, 4) is 90.7 Å². The van der Waals surface area contributed by atoms with Crippen LogP contribution in [0.3, 0.4) is 0 Å². The van der Waals surface area contributed by atoms with Crippen LogP contribution in [0, 0.1) is 0 Å². The Morgan fingerprint density at radius 3 is 1.10 bits per heavy atom. The Labute approximate surface area is 359 Å². The van der Waals surface area contributed by atoms with E-state index in [0.29, 0.717) is 23.3 Å². The fourth-order valence-corrected chi connectivity index (χ4v) is 9.40. The van der Waals surface area contributed by atoms with Crippen LogP contribution in [0.4, 0.5) is 0 Å². The Balaban J connectivity index is 1.20. The molecule has 62 heavy (non-hydrogen) atoms. The van der Waals surface area contributed by atoms with Gasteiger partial charge in [-0.3, -0.25) is 0 Å². The lowest BCUT2D eigenvalue weighted by Crippen LogP contribution is -2.33. The number of ether oxygens (including phenoxy) is 1. The number of fused-ring (bicyclic) bond motifs is 9. The maximum Gasteiger partial charge on any atom is 0.164 e. The summed E-state index contributed by atoms with van der Waals surface area (Å²) in [7, 11) is 0. The van der Waals surface area contributed by atoms with Crippen molar-refractivity contribution in [2.24, 2.45) is 0 Å². The molecule has 12 rings (SSSR count). The molecule has 6 heteroatoms. The van der Waals surface area contributed by atoms with Crippen molar-refractivity contribution in [3.05, 3.63) is 235 Å². The molecule has 0 bridgehead atoms. The highest BCUT2D eigenvalue weighted by molar-refractivity contribution is 5.97. The van der Waals surface area contributed by atoms with E-state index in [1.54, 1.807) is 0 Å². The fourth-order valence-electron chi connectivity index (χ4n) is 9.40. The van der Waals surface area contributed by atoms with Crippen molar-refractivity contribution >= 4 is 0 Å². The van der Waals surface area contributed by atoms with Gasteiger partial charge in [-0.05, 0) is 40.5 Å². The van der Waals surface area contributed by atoms with Gasteiger partial charge in [0.1, 0.15) is 11.5 Å². The van der Waals surface area contributed by atoms with Crippen LogP contribution in [0.5, 0.6) is 11.5 Å². The van der Waals surface area contributed by atoms with E-state index in [-0.39, 0.29) is 0 Å². The van der Waals surface area contributed by atoms with Gasteiger partial charge in [-0.25, -0.2) is 24.9 Å². The monoisotopic (exact) mass is 793 g/mol. The Hall–Kier alpha value is -8.35. The van der Waals surface area contributed by atoms with Crippen LogP contribution in [-0.2, 0) is 5.41 Å². The van der Waals surface area contributed by atoms with Gasteiger partial charge in [0, 0.05) is 44.5 Å². The Kier molecular flexibility index (Phi) is 8.28. The van der Waals surface area contributed by atoms with Crippen molar-refractivity contribution in [3.63, 3.8) is 0 Å². The number of para-hydroxylation sites is 2. The molecule has 2 aromatic heterocycles. The lowest BCUT2D eigenvalue weighted by molar-refractivity contribution is 0.436. The molecule has 2 aliphatic rings. The van der Waals surface area contributed by atoms with E-state index in [2.05, 4.69) is 127 Å². The Morgan fingerprint density at radius 1 is 0.290 bits per heavy atom. The van der Waals surface area contributed by atoms with Crippen molar-refractivity contribution in [1.29, 1.82) is 0 Å². The second-order valence-corrected chi connectivity index (χ2v) is 15.5. The summed E-state index contributed by atoms with van der Waals surface area (Å²) in [6, 6.07) is 72.9. The third kappa shape index (κ3) is 5.61. The van der Waals surface area contributed by atoms with E-state index >= 15 is 0 Å². The van der Waals surface area contributed by atoms with Crippen LogP contribution in [0.25, 0.3) is 79.2 Å². The summed E-state index contributed by atoms with van der Waals surface area (Å²) in [6.45, 7) is 0. The zero-order valence-electron chi connectivity index (χ0n) is 33.4. The summed E-state index contributed by atoms with van der Waals surface area (Å²) in [5, 5.41) is 0. The lowest BCUT2D eigenvalue weighted by atomic mass is 9.64. The van der Waals surface area contributed by atoms with E-state index in [0.717, 1.165) is 89.6 Å².